The maximum Gasteiger partial charge on any atom is 0.241 e. The number of amides is 2. The van der Waals surface area contributed by atoms with Gasteiger partial charge in [-0.3, -0.25) is 16.6 Å². The Morgan fingerprint density at radius 1 is 0.967 bits per heavy atom. The predicted octanol–water partition coefficient (Wildman–Crippen LogP) is 3.07. The molecule has 1 aliphatic heterocycles. The number of hydrogen-bond donors (Lipinski definition) is 4. The molecule has 1 fully saturated rings. The monoisotopic (exact) mass is 479 g/mol. The molecule has 0 spiro atoms. The zero-order valence-corrected chi connectivity index (χ0v) is 19.7. The second-order valence-electron chi connectivity index (χ2n) is 6.96. The molecule has 0 saturated carbocycles. The van der Waals surface area contributed by atoms with Crippen LogP contribution in [0.1, 0.15) is 24.0 Å². The summed E-state index contributed by atoms with van der Waals surface area (Å²) in [6.45, 7) is 4.55. The van der Waals surface area contributed by atoms with Crippen molar-refractivity contribution < 1.29 is 42.3 Å². The average molecular weight is 479 g/mol. The fourth-order valence-electron chi connectivity index (χ4n) is 3.01. The van der Waals surface area contributed by atoms with Gasteiger partial charge in [-0.05, 0) is 54.8 Å². The summed E-state index contributed by atoms with van der Waals surface area (Å²) in [4.78, 5) is 23.9. The summed E-state index contributed by atoms with van der Waals surface area (Å²) >= 11 is 0. The number of rotatable bonds is 7. The third kappa shape index (κ3) is 7.13. The molecule has 4 N–H and O–H groups in total. The molecule has 155 valence electrons. The van der Waals surface area contributed by atoms with Crippen molar-refractivity contribution in [2.24, 2.45) is 0 Å². The molecule has 1 aliphatic rings. The van der Waals surface area contributed by atoms with Crippen LogP contribution in [0.3, 0.4) is 0 Å². The van der Waals surface area contributed by atoms with Crippen molar-refractivity contribution in [2.45, 2.75) is 24.9 Å². The Morgan fingerprint density at radius 2 is 1.50 bits per heavy atom. The first-order valence-electron chi connectivity index (χ1n) is 9.64. The molecule has 0 aromatic heterocycles. The van der Waals surface area contributed by atoms with Crippen LogP contribution >= 0.6 is 0 Å². The van der Waals surface area contributed by atoms with Crippen LogP contribution in [0.25, 0.3) is 12.2 Å². The molecule has 2 aromatic rings. The van der Waals surface area contributed by atoms with Crippen molar-refractivity contribution in [3.05, 3.63) is 73.6 Å². The van der Waals surface area contributed by atoms with Gasteiger partial charge in [0.15, 0.2) is 0 Å². The van der Waals surface area contributed by atoms with E-state index in [0.717, 1.165) is 36.2 Å². The Bertz CT molecular complexity index is 860. The van der Waals surface area contributed by atoms with E-state index in [1.807, 2.05) is 60.7 Å². The summed E-state index contributed by atoms with van der Waals surface area (Å²) < 4.78 is 0. The zero-order valence-electron chi connectivity index (χ0n) is 16.9. The van der Waals surface area contributed by atoms with Gasteiger partial charge in [-0.2, -0.15) is 0 Å². The second kappa shape index (κ2) is 12.1. The summed E-state index contributed by atoms with van der Waals surface area (Å²) in [6.07, 6.45) is 5.91. The quantitative estimate of drug-likeness (QED) is 0.364. The van der Waals surface area contributed by atoms with Gasteiger partial charge in [-0.15, -0.1) is 0 Å². The van der Waals surface area contributed by atoms with E-state index in [9.17, 15) is 9.59 Å². The van der Waals surface area contributed by atoms with Crippen LogP contribution in [0.15, 0.2) is 48.5 Å². The number of carbonyl (C=O) groups is 2. The van der Waals surface area contributed by atoms with E-state index in [4.69, 9.17) is 0 Å². The number of nitrogens with one attached hydrogen (secondary N) is 4. The van der Waals surface area contributed by atoms with Gasteiger partial charge >= 0.3 is 0 Å². The van der Waals surface area contributed by atoms with Crippen LogP contribution in [-0.2, 0) is 42.3 Å². The molecule has 7 heteroatoms. The normalized spacial score (nSPS) is 16.7. The molecule has 6 nitrogen and oxygen atoms in total. The van der Waals surface area contributed by atoms with Gasteiger partial charge in [-0.1, -0.05) is 42.5 Å². The molecule has 1 heterocycles. The van der Waals surface area contributed by atoms with Crippen LogP contribution in [-0.4, -0.2) is 30.4 Å². The SMILES string of the molecule is [CH2-]NC([CH2-])C(=O)Nc1ccc(/C=C/c2ccc(NC(=O)C3CCCN3)cc2)cc1.[Y]. The van der Waals surface area contributed by atoms with Crippen molar-refractivity contribution >= 4 is 35.3 Å². The summed E-state index contributed by atoms with van der Waals surface area (Å²) in [5, 5.41) is 11.5. The first-order chi connectivity index (χ1) is 14.0. The van der Waals surface area contributed by atoms with Crippen molar-refractivity contribution in [1.29, 1.82) is 0 Å². The maximum atomic E-state index is 12.1. The number of anilines is 2. The molecule has 1 radical (unpaired) electrons. The molecule has 1 saturated heterocycles. The Hall–Kier alpha value is -1.86. The van der Waals surface area contributed by atoms with Crippen LogP contribution < -0.4 is 21.3 Å². The average Bonchev–Trinajstić information content (AvgIpc) is 3.29. The van der Waals surface area contributed by atoms with Crippen molar-refractivity contribution in [3.8, 4) is 0 Å². The minimum Gasteiger partial charge on any atom is -0.488 e. The molecule has 30 heavy (non-hydrogen) atoms. The minimum atomic E-state index is -0.600. The Labute approximate surface area is 203 Å². The second-order valence-corrected chi connectivity index (χ2v) is 6.96. The third-order valence-electron chi connectivity index (χ3n) is 4.76. The largest absolute Gasteiger partial charge is 0.488 e. The summed E-state index contributed by atoms with van der Waals surface area (Å²) in [6, 6.07) is 14.6. The fraction of sp³-hybridized carbons (Fsp3) is 0.217. The fourth-order valence-corrected chi connectivity index (χ4v) is 3.01. The van der Waals surface area contributed by atoms with Crippen molar-refractivity contribution in [3.63, 3.8) is 0 Å². The van der Waals surface area contributed by atoms with E-state index < -0.39 is 6.04 Å². The number of benzene rings is 2. The molecule has 2 amide bonds. The van der Waals surface area contributed by atoms with Gasteiger partial charge in [-0.25, -0.2) is 0 Å². The molecular formula is C23H26N4O2Y-2. The summed E-state index contributed by atoms with van der Waals surface area (Å²) in [5.74, 6) is -0.215. The van der Waals surface area contributed by atoms with E-state index >= 15 is 0 Å². The standard InChI is InChI=1S/C23H26N4O2.Y/c1-16(24-2)22(28)26-19-11-7-17(8-12-19)5-6-18-9-13-20(14-10-18)27-23(29)21-4-3-15-25-21;/h5-14,16,21,24-25H,1-4,15H2,(H,26,28)(H,27,29);/q-2;/b6-5+;. The van der Waals surface area contributed by atoms with Crippen molar-refractivity contribution in [2.75, 3.05) is 17.2 Å². The maximum absolute atomic E-state index is 12.1. The number of carbonyl (C=O) groups excluding carboxylic acids is 2. The first kappa shape index (κ1) is 24.4. The Balaban J connectivity index is 0.00000320. The molecule has 0 aliphatic carbocycles. The van der Waals surface area contributed by atoms with E-state index in [-0.39, 0.29) is 50.6 Å². The van der Waals surface area contributed by atoms with Gasteiger partial charge in [0.1, 0.15) is 0 Å². The van der Waals surface area contributed by atoms with E-state index in [1.54, 1.807) is 0 Å². The third-order valence-corrected chi connectivity index (χ3v) is 4.76. The van der Waals surface area contributed by atoms with Crippen LogP contribution in [0, 0.1) is 14.0 Å². The molecule has 0 bridgehead atoms. The van der Waals surface area contributed by atoms with E-state index in [1.165, 1.54) is 0 Å². The van der Waals surface area contributed by atoms with Gasteiger partial charge < -0.3 is 28.2 Å². The van der Waals surface area contributed by atoms with Crippen molar-refractivity contribution in [1.82, 2.24) is 10.6 Å². The minimum absolute atomic E-state index is 0. The molecular weight excluding hydrogens is 453 g/mol. The molecule has 2 unspecified atom stereocenters. The molecule has 2 atom stereocenters. The van der Waals surface area contributed by atoms with E-state index in [0.29, 0.717) is 5.69 Å². The molecule has 3 rings (SSSR count). The van der Waals surface area contributed by atoms with Gasteiger partial charge in [0, 0.05) is 44.1 Å². The first-order valence-corrected chi connectivity index (χ1v) is 9.64. The predicted molar refractivity (Wildman–Crippen MR) is 118 cm³/mol. The van der Waals surface area contributed by atoms with Gasteiger partial charge in [0.05, 0.1) is 6.04 Å². The van der Waals surface area contributed by atoms with Crippen LogP contribution in [0.4, 0.5) is 11.4 Å². The smallest absolute Gasteiger partial charge is 0.241 e. The summed E-state index contributed by atoms with van der Waals surface area (Å²) in [5.41, 5.74) is 3.53. The van der Waals surface area contributed by atoms with Crippen LogP contribution in [0.5, 0.6) is 0 Å². The topological polar surface area (TPSA) is 82.3 Å². The summed E-state index contributed by atoms with van der Waals surface area (Å²) in [7, 11) is 3.45. The van der Waals surface area contributed by atoms with Gasteiger partial charge in [0.25, 0.3) is 0 Å². The van der Waals surface area contributed by atoms with Crippen LogP contribution in [0.2, 0.25) is 0 Å². The molecule has 2 aromatic carbocycles. The Morgan fingerprint density at radius 3 is 1.97 bits per heavy atom. The zero-order chi connectivity index (χ0) is 20.6. The Kier molecular flexibility index (Phi) is 9.85. The van der Waals surface area contributed by atoms with E-state index in [2.05, 4.69) is 35.2 Å². The van der Waals surface area contributed by atoms with Gasteiger partial charge in [0.2, 0.25) is 11.8 Å². The number of hydrogen-bond acceptors (Lipinski definition) is 4.